The molecule has 34 heavy (non-hydrogen) atoms. The molecule has 2 saturated carbocycles. The summed E-state index contributed by atoms with van der Waals surface area (Å²) in [5.41, 5.74) is -1.22. The Morgan fingerprint density at radius 2 is 1.97 bits per heavy atom. The molecule has 0 aromatic carbocycles. The van der Waals surface area contributed by atoms with E-state index in [1.807, 2.05) is 13.8 Å². The van der Waals surface area contributed by atoms with Crippen molar-refractivity contribution in [2.24, 2.45) is 23.2 Å². The van der Waals surface area contributed by atoms with Crippen molar-refractivity contribution in [2.45, 2.75) is 120 Å². The zero-order chi connectivity index (χ0) is 25.1. The molecule has 0 amide bonds. The number of rotatable bonds is 6. The molecule has 194 valence electrons. The van der Waals surface area contributed by atoms with Crippen LogP contribution in [0.3, 0.4) is 0 Å². The fraction of sp³-hybridized carbons (Fsp3) is 0.852. The molecule has 5 nitrogen and oxygen atoms in total. The van der Waals surface area contributed by atoms with E-state index in [0.717, 1.165) is 56.9 Å². The molecule has 0 aromatic heterocycles. The van der Waals surface area contributed by atoms with E-state index < -0.39 is 38.4 Å². The van der Waals surface area contributed by atoms with E-state index >= 15 is 0 Å². The first kappa shape index (κ1) is 26.3. The number of sulfone groups is 1. The smallest absolute Gasteiger partial charge is 0.225 e. The zero-order valence-corrected chi connectivity index (χ0v) is 22.0. The van der Waals surface area contributed by atoms with E-state index in [-0.39, 0.29) is 23.8 Å². The van der Waals surface area contributed by atoms with Crippen LogP contribution in [-0.4, -0.2) is 52.3 Å². The zero-order valence-electron chi connectivity index (χ0n) is 21.1. The monoisotopic (exact) mass is 498 g/mol. The molecule has 8 atom stereocenters. The van der Waals surface area contributed by atoms with Crippen LogP contribution < -0.4 is 0 Å². The number of halogens is 1. The predicted octanol–water partition coefficient (Wildman–Crippen LogP) is 4.61. The van der Waals surface area contributed by atoms with Crippen LogP contribution in [-0.2, 0) is 9.84 Å². The molecule has 3 N–H and O–H groups in total. The topological polar surface area (TPSA) is 94.8 Å². The van der Waals surface area contributed by atoms with Gasteiger partial charge >= 0.3 is 0 Å². The Morgan fingerprint density at radius 1 is 1.26 bits per heavy atom. The van der Waals surface area contributed by atoms with Crippen LogP contribution in [0, 0.1) is 23.2 Å². The third-order valence-corrected chi connectivity index (χ3v) is 11.4. The maximum atomic E-state index is 15.0. The predicted molar refractivity (Wildman–Crippen MR) is 131 cm³/mol. The molecule has 4 aliphatic rings. The normalized spacial score (nSPS) is 42.1. The van der Waals surface area contributed by atoms with Gasteiger partial charge in [0.2, 0.25) is 5.50 Å². The van der Waals surface area contributed by atoms with Crippen molar-refractivity contribution in [1.82, 2.24) is 0 Å². The summed E-state index contributed by atoms with van der Waals surface area (Å²) in [7, 11) is -4.12. The maximum absolute atomic E-state index is 15.0. The Kier molecular flexibility index (Phi) is 7.18. The van der Waals surface area contributed by atoms with Crippen LogP contribution in [0.5, 0.6) is 0 Å². The summed E-state index contributed by atoms with van der Waals surface area (Å²) in [4.78, 5) is 0. The molecule has 4 rings (SSSR count). The van der Waals surface area contributed by atoms with Gasteiger partial charge in [-0.05, 0) is 87.5 Å². The maximum Gasteiger partial charge on any atom is 0.225 e. The summed E-state index contributed by atoms with van der Waals surface area (Å²) < 4.78 is 41.1. The highest BCUT2D eigenvalue weighted by Gasteiger charge is 2.54. The SMILES string of the molecule is C[C@H](CCCC(C)(C)O)[C@H]1CC[C@H]2/C(=C/[C@H]3C4=C([C@@H](F)S3(=O)=O)[C@@H](O)C[C@H](O)C4)CCC[C@]12C. The molecule has 0 spiro atoms. The Balaban J connectivity index is 1.58. The first-order valence-corrected chi connectivity index (χ1v) is 14.8. The quantitative estimate of drug-likeness (QED) is 0.465. The minimum Gasteiger partial charge on any atom is -0.393 e. The molecule has 3 aliphatic carbocycles. The second-order valence-corrected chi connectivity index (χ2v) is 14.5. The van der Waals surface area contributed by atoms with Crippen LogP contribution >= 0.6 is 0 Å². The molecule has 0 saturated heterocycles. The van der Waals surface area contributed by atoms with Gasteiger partial charge in [-0.15, -0.1) is 0 Å². The van der Waals surface area contributed by atoms with Crippen LogP contribution in [0.2, 0.25) is 0 Å². The number of allylic oxidation sites excluding steroid dienone is 1. The van der Waals surface area contributed by atoms with Crippen molar-refractivity contribution in [1.29, 1.82) is 0 Å². The van der Waals surface area contributed by atoms with Crippen LogP contribution in [0.4, 0.5) is 4.39 Å². The summed E-state index contributed by atoms with van der Waals surface area (Å²) in [6.45, 7) is 8.38. The van der Waals surface area contributed by atoms with E-state index in [1.165, 1.54) is 0 Å². The minimum absolute atomic E-state index is 0.00814. The van der Waals surface area contributed by atoms with E-state index in [2.05, 4.69) is 13.8 Å². The van der Waals surface area contributed by atoms with Gasteiger partial charge in [-0.25, -0.2) is 12.8 Å². The average molecular weight is 499 g/mol. The van der Waals surface area contributed by atoms with Gasteiger partial charge < -0.3 is 15.3 Å². The molecule has 0 unspecified atom stereocenters. The van der Waals surface area contributed by atoms with E-state index in [1.54, 1.807) is 6.08 Å². The first-order chi connectivity index (χ1) is 15.8. The van der Waals surface area contributed by atoms with Crippen molar-refractivity contribution in [3.05, 3.63) is 22.8 Å². The van der Waals surface area contributed by atoms with Crippen molar-refractivity contribution in [2.75, 3.05) is 0 Å². The van der Waals surface area contributed by atoms with Crippen molar-refractivity contribution in [3.8, 4) is 0 Å². The van der Waals surface area contributed by atoms with Crippen molar-refractivity contribution >= 4 is 9.84 Å². The molecule has 1 aliphatic heterocycles. The fourth-order valence-electron chi connectivity index (χ4n) is 7.80. The third kappa shape index (κ3) is 4.67. The number of alkyl halides is 1. The first-order valence-electron chi connectivity index (χ1n) is 13.1. The van der Waals surface area contributed by atoms with Gasteiger partial charge in [-0.1, -0.05) is 38.3 Å². The van der Waals surface area contributed by atoms with Gasteiger partial charge in [-0.3, -0.25) is 0 Å². The van der Waals surface area contributed by atoms with Gasteiger partial charge in [-0.2, -0.15) is 0 Å². The van der Waals surface area contributed by atoms with Gasteiger partial charge in [0.15, 0.2) is 9.84 Å². The summed E-state index contributed by atoms with van der Waals surface area (Å²) in [6.07, 6.45) is 7.75. The lowest BCUT2D eigenvalue weighted by Gasteiger charge is -2.44. The van der Waals surface area contributed by atoms with Gasteiger partial charge in [0.25, 0.3) is 0 Å². The highest BCUT2D eigenvalue weighted by molar-refractivity contribution is 7.93. The Morgan fingerprint density at radius 3 is 2.65 bits per heavy atom. The largest absolute Gasteiger partial charge is 0.393 e. The molecule has 1 heterocycles. The molecule has 0 aromatic rings. The lowest BCUT2D eigenvalue weighted by Crippen LogP contribution is -2.36. The number of fused-ring (bicyclic) bond motifs is 1. The van der Waals surface area contributed by atoms with Crippen molar-refractivity contribution in [3.63, 3.8) is 0 Å². The molecule has 0 bridgehead atoms. The molecular weight excluding hydrogens is 455 g/mol. The summed E-state index contributed by atoms with van der Waals surface area (Å²) in [5.74, 6) is 1.37. The Bertz CT molecular complexity index is 949. The lowest BCUT2D eigenvalue weighted by atomic mass is 9.60. The van der Waals surface area contributed by atoms with Crippen LogP contribution in [0.15, 0.2) is 22.8 Å². The summed E-state index contributed by atoms with van der Waals surface area (Å²) >= 11 is 0. The highest BCUT2D eigenvalue weighted by atomic mass is 32.2. The Hall–Kier alpha value is -0.760. The number of aliphatic hydroxyl groups excluding tert-OH is 2. The van der Waals surface area contributed by atoms with E-state index in [4.69, 9.17) is 0 Å². The minimum atomic E-state index is -4.12. The number of hydrogen-bond donors (Lipinski definition) is 3. The molecular formula is C27H43FO5S. The fourth-order valence-corrected chi connectivity index (χ4v) is 9.71. The van der Waals surface area contributed by atoms with E-state index in [0.29, 0.717) is 23.3 Å². The highest BCUT2D eigenvalue weighted by Crippen LogP contribution is 2.60. The molecule has 2 fully saturated rings. The lowest BCUT2D eigenvalue weighted by molar-refractivity contribution is 0.0596. The standard InChI is InChI=1S/C27H43FO5S/c1-16(7-5-11-26(2,3)31)20-9-10-21-17(8-6-12-27(20,21)4)13-23-19-14-18(29)15-22(30)24(19)25(28)34(23,32)33/h13,16,18,20-23,25,29-31H,5-12,14-15H2,1-4H3/b17-13+/t16-,18-,20-,21+,22+,23+,25+,27-/m1/s1. The van der Waals surface area contributed by atoms with Gasteiger partial charge in [0.05, 0.1) is 17.8 Å². The number of aliphatic hydroxyl groups is 3. The summed E-state index contributed by atoms with van der Waals surface area (Å²) in [6, 6.07) is 0. The molecule has 7 heteroatoms. The van der Waals surface area contributed by atoms with E-state index in [9.17, 15) is 28.1 Å². The number of hydrogen-bond acceptors (Lipinski definition) is 5. The average Bonchev–Trinajstić information content (AvgIpc) is 3.15. The van der Waals surface area contributed by atoms with Crippen LogP contribution in [0.25, 0.3) is 0 Å². The van der Waals surface area contributed by atoms with Gasteiger partial charge in [0.1, 0.15) is 5.25 Å². The molecule has 0 radical (unpaired) electrons. The second kappa shape index (κ2) is 9.28. The van der Waals surface area contributed by atoms with Crippen LogP contribution in [0.1, 0.15) is 91.9 Å². The Labute approximate surface area is 204 Å². The second-order valence-electron chi connectivity index (χ2n) is 12.4. The van der Waals surface area contributed by atoms with Crippen molar-refractivity contribution < 1.29 is 28.1 Å². The summed E-state index contributed by atoms with van der Waals surface area (Å²) in [5, 5.41) is 29.5. The van der Waals surface area contributed by atoms with Gasteiger partial charge in [0, 0.05) is 12.0 Å². The third-order valence-electron chi connectivity index (χ3n) is 9.45.